The Labute approximate surface area is 118 Å². The monoisotopic (exact) mass is 271 g/mol. The zero-order chi connectivity index (χ0) is 14.5. The van der Waals surface area contributed by atoms with E-state index in [1.807, 2.05) is 18.2 Å². The quantitative estimate of drug-likeness (QED) is 0.863. The number of nitrogen functional groups attached to an aromatic ring is 1. The highest BCUT2D eigenvalue weighted by molar-refractivity contribution is 5.99. The molecule has 0 saturated carbocycles. The van der Waals surface area contributed by atoms with Crippen LogP contribution in [0.1, 0.15) is 16.1 Å². The van der Waals surface area contributed by atoms with Crippen LogP contribution in [0.5, 0.6) is 5.75 Å². The lowest BCUT2D eigenvalue weighted by Crippen LogP contribution is -2.27. The Hall–Kier alpha value is -2.56. The van der Waals surface area contributed by atoms with Crippen molar-refractivity contribution in [2.24, 2.45) is 0 Å². The van der Waals surface area contributed by atoms with Crippen LogP contribution in [0.3, 0.4) is 0 Å². The largest absolute Gasteiger partial charge is 0.497 e. The molecule has 0 saturated heterocycles. The molecule has 5 heteroatoms. The summed E-state index contributed by atoms with van der Waals surface area (Å²) in [6.45, 7) is 0.436. The second-order valence-corrected chi connectivity index (χ2v) is 4.44. The summed E-state index contributed by atoms with van der Waals surface area (Å²) in [6, 6.07) is 10.6. The minimum Gasteiger partial charge on any atom is -0.497 e. The summed E-state index contributed by atoms with van der Waals surface area (Å²) in [5.41, 5.74) is 7.58. The number of amides is 1. The first-order chi connectivity index (χ1) is 9.61. The number of hydrogen-bond donors (Lipinski definition) is 1. The number of aromatic nitrogens is 1. The molecule has 1 aromatic carbocycles. The first kappa shape index (κ1) is 13.9. The van der Waals surface area contributed by atoms with Crippen LogP contribution in [0.25, 0.3) is 0 Å². The molecule has 0 aliphatic heterocycles. The molecule has 1 amide bonds. The maximum atomic E-state index is 12.3. The number of anilines is 1. The fourth-order valence-electron chi connectivity index (χ4n) is 1.87. The highest BCUT2D eigenvalue weighted by Gasteiger charge is 2.15. The molecule has 1 aromatic heterocycles. The molecule has 0 radical (unpaired) electrons. The number of nitrogens with zero attached hydrogens (tertiary/aromatic N) is 2. The van der Waals surface area contributed by atoms with Crippen LogP contribution in [0.15, 0.2) is 42.6 Å². The number of rotatable bonds is 4. The molecule has 20 heavy (non-hydrogen) atoms. The molecule has 2 rings (SSSR count). The molecule has 0 bridgehead atoms. The Bertz CT molecular complexity index is 599. The SMILES string of the molecule is COc1ccc(C(=O)N(C)Cc2ccccn2)c(N)c1. The zero-order valence-electron chi connectivity index (χ0n) is 11.5. The predicted octanol–water partition coefficient (Wildman–Crippen LogP) is 1.94. The van der Waals surface area contributed by atoms with E-state index >= 15 is 0 Å². The van der Waals surface area contributed by atoms with Gasteiger partial charge in [0, 0.05) is 25.0 Å². The van der Waals surface area contributed by atoms with Gasteiger partial charge in [0.2, 0.25) is 0 Å². The summed E-state index contributed by atoms with van der Waals surface area (Å²) in [7, 11) is 3.28. The van der Waals surface area contributed by atoms with Crippen molar-refractivity contribution >= 4 is 11.6 Å². The van der Waals surface area contributed by atoms with Crippen molar-refractivity contribution in [3.05, 3.63) is 53.9 Å². The van der Waals surface area contributed by atoms with Gasteiger partial charge in [0.25, 0.3) is 5.91 Å². The van der Waals surface area contributed by atoms with Crippen LogP contribution in [0.2, 0.25) is 0 Å². The van der Waals surface area contributed by atoms with Gasteiger partial charge in [0.15, 0.2) is 0 Å². The van der Waals surface area contributed by atoms with Gasteiger partial charge in [-0.25, -0.2) is 0 Å². The summed E-state index contributed by atoms with van der Waals surface area (Å²) >= 11 is 0. The van der Waals surface area contributed by atoms with Gasteiger partial charge in [-0.3, -0.25) is 9.78 Å². The molecule has 0 atom stereocenters. The van der Waals surface area contributed by atoms with Crippen LogP contribution in [0.4, 0.5) is 5.69 Å². The Balaban J connectivity index is 2.14. The molecule has 0 fully saturated rings. The first-order valence-electron chi connectivity index (χ1n) is 6.20. The van der Waals surface area contributed by atoms with E-state index in [1.165, 1.54) is 0 Å². The molecular weight excluding hydrogens is 254 g/mol. The molecule has 0 aliphatic rings. The standard InChI is InChI=1S/C15H17N3O2/c1-18(10-11-5-3-4-8-17-11)15(19)13-7-6-12(20-2)9-14(13)16/h3-9H,10,16H2,1-2H3. The molecular formula is C15H17N3O2. The Morgan fingerprint density at radius 2 is 2.15 bits per heavy atom. The number of pyridine rings is 1. The molecule has 0 unspecified atom stereocenters. The number of ether oxygens (including phenoxy) is 1. The summed E-state index contributed by atoms with van der Waals surface area (Å²) in [4.78, 5) is 18.1. The number of benzene rings is 1. The Kier molecular flexibility index (Phi) is 4.20. The predicted molar refractivity (Wildman–Crippen MR) is 77.4 cm³/mol. The normalized spacial score (nSPS) is 10.1. The molecule has 0 aliphatic carbocycles. The highest BCUT2D eigenvalue weighted by atomic mass is 16.5. The Morgan fingerprint density at radius 1 is 1.35 bits per heavy atom. The second-order valence-electron chi connectivity index (χ2n) is 4.44. The van der Waals surface area contributed by atoms with Gasteiger partial charge < -0.3 is 15.4 Å². The third-order valence-electron chi connectivity index (χ3n) is 2.96. The lowest BCUT2D eigenvalue weighted by atomic mass is 10.1. The van der Waals surface area contributed by atoms with E-state index in [-0.39, 0.29) is 5.91 Å². The smallest absolute Gasteiger partial charge is 0.256 e. The topological polar surface area (TPSA) is 68.5 Å². The van der Waals surface area contributed by atoms with E-state index in [4.69, 9.17) is 10.5 Å². The van der Waals surface area contributed by atoms with E-state index in [1.54, 1.807) is 43.5 Å². The van der Waals surface area contributed by atoms with E-state index in [9.17, 15) is 4.79 Å². The van der Waals surface area contributed by atoms with Crippen LogP contribution < -0.4 is 10.5 Å². The number of carbonyl (C=O) groups excluding carboxylic acids is 1. The van der Waals surface area contributed by atoms with Gasteiger partial charge in [0.1, 0.15) is 5.75 Å². The number of methoxy groups -OCH3 is 1. The van der Waals surface area contributed by atoms with Crippen molar-refractivity contribution < 1.29 is 9.53 Å². The Morgan fingerprint density at radius 3 is 2.75 bits per heavy atom. The maximum absolute atomic E-state index is 12.3. The van der Waals surface area contributed by atoms with Crippen molar-refractivity contribution in [1.29, 1.82) is 0 Å². The van der Waals surface area contributed by atoms with Crippen molar-refractivity contribution in [2.75, 3.05) is 19.9 Å². The summed E-state index contributed by atoms with van der Waals surface area (Å²) in [5.74, 6) is 0.488. The maximum Gasteiger partial charge on any atom is 0.256 e. The van der Waals surface area contributed by atoms with Gasteiger partial charge >= 0.3 is 0 Å². The molecule has 2 N–H and O–H groups in total. The van der Waals surface area contributed by atoms with E-state index in [0.717, 1.165) is 5.69 Å². The average Bonchev–Trinajstić information content (AvgIpc) is 2.47. The summed E-state index contributed by atoms with van der Waals surface area (Å²) < 4.78 is 5.07. The van der Waals surface area contributed by atoms with Gasteiger partial charge in [0.05, 0.1) is 24.9 Å². The summed E-state index contributed by atoms with van der Waals surface area (Å²) in [5, 5.41) is 0. The lowest BCUT2D eigenvalue weighted by Gasteiger charge is -2.18. The van der Waals surface area contributed by atoms with Gasteiger partial charge in [-0.2, -0.15) is 0 Å². The minimum atomic E-state index is -0.143. The number of hydrogen-bond acceptors (Lipinski definition) is 4. The van der Waals surface area contributed by atoms with Gasteiger partial charge in [-0.05, 0) is 24.3 Å². The molecule has 1 heterocycles. The summed E-state index contributed by atoms with van der Waals surface area (Å²) in [6.07, 6.45) is 1.70. The minimum absolute atomic E-state index is 0.143. The van der Waals surface area contributed by atoms with Crippen LogP contribution >= 0.6 is 0 Å². The van der Waals surface area contributed by atoms with Crippen LogP contribution in [-0.4, -0.2) is 29.9 Å². The van der Waals surface area contributed by atoms with Crippen molar-refractivity contribution in [1.82, 2.24) is 9.88 Å². The zero-order valence-corrected chi connectivity index (χ0v) is 11.5. The van der Waals surface area contributed by atoms with E-state index < -0.39 is 0 Å². The molecule has 0 spiro atoms. The lowest BCUT2D eigenvalue weighted by molar-refractivity contribution is 0.0784. The number of nitrogens with two attached hydrogens (primary N) is 1. The average molecular weight is 271 g/mol. The fourth-order valence-corrected chi connectivity index (χ4v) is 1.87. The third kappa shape index (κ3) is 3.06. The van der Waals surface area contributed by atoms with Gasteiger partial charge in [-0.15, -0.1) is 0 Å². The van der Waals surface area contributed by atoms with Crippen molar-refractivity contribution in [2.45, 2.75) is 6.54 Å². The van der Waals surface area contributed by atoms with E-state index in [0.29, 0.717) is 23.5 Å². The third-order valence-corrected chi connectivity index (χ3v) is 2.96. The first-order valence-corrected chi connectivity index (χ1v) is 6.20. The highest BCUT2D eigenvalue weighted by Crippen LogP contribution is 2.21. The fraction of sp³-hybridized carbons (Fsp3) is 0.200. The number of carbonyl (C=O) groups is 1. The van der Waals surface area contributed by atoms with E-state index in [2.05, 4.69) is 4.98 Å². The van der Waals surface area contributed by atoms with Crippen LogP contribution in [0, 0.1) is 0 Å². The second kappa shape index (κ2) is 6.06. The molecule has 2 aromatic rings. The molecule has 104 valence electrons. The molecule has 5 nitrogen and oxygen atoms in total. The van der Waals surface area contributed by atoms with Crippen molar-refractivity contribution in [3.63, 3.8) is 0 Å². The van der Waals surface area contributed by atoms with Crippen molar-refractivity contribution in [3.8, 4) is 5.75 Å². The van der Waals surface area contributed by atoms with Gasteiger partial charge in [-0.1, -0.05) is 6.07 Å². The van der Waals surface area contributed by atoms with Crippen LogP contribution in [-0.2, 0) is 6.54 Å².